The van der Waals surface area contributed by atoms with E-state index in [1.54, 1.807) is 54.1 Å². The van der Waals surface area contributed by atoms with Crippen LogP contribution in [0.15, 0.2) is 54.7 Å². The number of ether oxygens (including phenoxy) is 2. The Balaban J connectivity index is 2.11. The number of hydrogen-bond acceptors (Lipinski definition) is 5. The van der Waals surface area contributed by atoms with E-state index in [1.165, 1.54) is 13.2 Å². The van der Waals surface area contributed by atoms with E-state index in [0.29, 0.717) is 22.2 Å². The molecule has 0 bridgehead atoms. The van der Waals surface area contributed by atoms with Crippen LogP contribution in [0.3, 0.4) is 0 Å². The van der Waals surface area contributed by atoms with Gasteiger partial charge in [0, 0.05) is 23.4 Å². The number of fused-ring (bicyclic) bond motifs is 1. The van der Waals surface area contributed by atoms with Crippen LogP contribution in [0.1, 0.15) is 18.1 Å². The fourth-order valence-corrected chi connectivity index (χ4v) is 3.09. The average molecular weight is 397 g/mol. The van der Waals surface area contributed by atoms with Crippen LogP contribution in [0.25, 0.3) is 16.7 Å². The van der Waals surface area contributed by atoms with Crippen LogP contribution in [0.5, 0.6) is 5.75 Å². The molecule has 1 heterocycles. The summed E-state index contributed by atoms with van der Waals surface area (Å²) in [6, 6.07) is 11.7. The molecule has 3 rings (SSSR count). The second kappa shape index (κ2) is 8.60. The molecule has 0 fully saturated rings. The first-order valence-corrected chi connectivity index (χ1v) is 8.97. The molecule has 7 heteroatoms. The van der Waals surface area contributed by atoms with Crippen molar-refractivity contribution in [2.24, 2.45) is 0 Å². The lowest BCUT2D eigenvalue weighted by molar-refractivity contribution is -0.151. The molecule has 0 saturated carbocycles. The fourth-order valence-electron chi connectivity index (χ4n) is 3.09. The highest BCUT2D eigenvalue weighted by Crippen LogP contribution is 2.34. The average Bonchev–Trinajstić information content (AvgIpc) is 3.08. The van der Waals surface area contributed by atoms with Crippen LogP contribution in [-0.2, 0) is 20.9 Å². The van der Waals surface area contributed by atoms with Crippen molar-refractivity contribution in [1.29, 1.82) is 0 Å². The number of nitrogens with zero attached hydrogens (tertiary/aromatic N) is 1. The molecule has 6 nitrogen and oxygen atoms in total. The summed E-state index contributed by atoms with van der Waals surface area (Å²) >= 11 is 0. The molecule has 3 aromatic rings. The van der Waals surface area contributed by atoms with Gasteiger partial charge in [-0.2, -0.15) is 0 Å². The molecule has 1 aromatic heterocycles. The number of carbonyl (C=O) groups is 2. The van der Waals surface area contributed by atoms with Gasteiger partial charge in [0.15, 0.2) is 0 Å². The minimum Gasteiger partial charge on any atom is -0.507 e. The lowest BCUT2D eigenvalue weighted by Crippen LogP contribution is -2.15. The second-order valence-corrected chi connectivity index (χ2v) is 6.23. The lowest BCUT2D eigenvalue weighted by Gasteiger charge is -2.07. The van der Waals surface area contributed by atoms with E-state index in [9.17, 15) is 19.1 Å². The first kappa shape index (κ1) is 20.1. The van der Waals surface area contributed by atoms with Gasteiger partial charge >= 0.3 is 5.97 Å². The Morgan fingerprint density at radius 2 is 1.93 bits per heavy atom. The van der Waals surface area contributed by atoms with Crippen molar-refractivity contribution in [3.63, 3.8) is 0 Å². The van der Waals surface area contributed by atoms with Gasteiger partial charge in [0.2, 0.25) is 0 Å². The number of aliphatic hydroxyl groups is 1. The number of carbonyl (C=O) groups excluding carboxylic acids is 2. The Morgan fingerprint density at radius 1 is 1.17 bits per heavy atom. The molecule has 0 atom stereocenters. The number of hydrogen-bond donors (Lipinski definition) is 1. The van der Waals surface area contributed by atoms with Crippen molar-refractivity contribution in [1.82, 2.24) is 4.57 Å². The van der Waals surface area contributed by atoms with Crippen molar-refractivity contribution in [3.05, 3.63) is 71.7 Å². The summed E-state index contributed by atoms with van der Waals surface area (Å²) in [4.78, 5) is 23.5. The van der Waals surface area contributed by atoms with E-state index >= 15 is 0 Å². The van der Waals surface area contributed by atoms with Gasteiger partial charge in [0.25, 0.3) is 5.78 Å². The summed E-state index contributed by atoms with van der Waals surface area (Å²) in [7, 11) is 1.48. The minimum absolute atomic E-state index is 0.0505. The largest absolute Gasteiger partial charge is 0.507 e. The maximum Gasteiger partial charge on any atom is 0.379 e. The number of rotatable bonds is 7. The Labute approximate surface area is 166 Å². The molecule has 0 aliphatic heterocycles. The zero-order chi connectivity index (χ0) is 21.0. The molecule has 0 aliphatic carbocycles. The topological polar surface area (TPSA) is 77.8 Å². The summed E-state index contributed by atoms with van der Waals surface area (Å²) in [5.41, 5.74) is 1.42. The number of ketones is 1. The number of benzene rings is 2. The predicted octanol–water partition coefficient (Wildman–Crippen LogP) is 3.87. The SMILES string of the molecule is CCOC(=O)C(=O)/C=C(/O)c1cn(Cc2ccccc2F)c2cccc(OC)c12. The van der Waals surface area contributed by atoms with Gasteiger partial charge in [-0.1, -0.05) is 24.3 Å². The molecule has 0 saturated heterocycles. The molecule has 0 radical (unpaired) electrons. The van der Waals surface area contributed by atoms with E-state index < -0.39 is 17.5 Å². The van der Waals surface area contributed by atoms with Crippen molar-refractivity contribution in [2.45, 2.75) is 13.5 Å². The number of halogens is 1. The second-order valence-electron chi connectivity index (χ2n) is 6.23. The van der Waals surface area contributed by atoms with Crippen LogP contribution in [0, 0.1) is 5.82 Å². The maximum absolute atomic E-state index is 14.1. The van der Waals surface area contributed by atoms with Crippen LogP contribution in [-0.4, -0.2) is 35.1 Å². The molecule has 2 aromatic carbocycles. The van der Waals surface area contributed by atoms with Crippen LogP contribution in [0.4, 0.5) is 4.39 Å². The van der Waals surface area contributed by atoms with Gasteiger partial charge in [0.1, 0.15) is 17.3 Å². The first-order valence-electron chi connectivity index (χ1n) is 8.97. The molecule has 150 valence electrons. The van der Waals surface area contributed by atoms with Gasteiger partial charge in [0.05, 0.1) is 31.2 Å². The zero-order valence-corrected chi connectivity index (χ0v) is 16.0. The Bertz CT molecular complexity index is 1100. The number of aliphatic hydroxyl groups excluding tert-OH is 1. The van der Waals surface area contributed by atoms with E-state index in [-0.39, 0.29) is 24.5 Å². The molecule has 0 aliphatic rings. The summed E-state index contributed by atoms with van der Waals surface area (Å²) in [5.74, 6) is -2.33. The standard InChI is InChI=1S/C22H20FNO5/c1-3-29-22(27)19(26)11-18(25)15-13-24(12-14-7-4-5-8-16(14)23)17-9-6-10-20(28-2)21(15)17/h4-11,13,25H,3,12H2,1-2H3/b18-11+. The fraction of sp³-hybridized carbons (Fsp3) is 0.182. The molecular formula is C22H20FNO5. The molecule has 0 spiro atoms. The number of methoxy groups -OCH3 is 1. The third-order valence-electron chi connectivity index (χ3n) is 4.41. The summed E-state index contributed by atoms with van der Waals surface area (Å²) in [5, 5.41) is 11.1. The number of esters is 1. The van der Waals surface area contributed by atoms with Gasteiger partial charge < -0.3 is 19.1 Å². The van der Waals surface area contributed by atoms with E-state index in [1.807, 2.05) is 0 Å². The van der Waals surface area contributed by atoms with Crippen LogP contribution < -0.4 is 4.74 Å². The zero-order valence-electron chi connectivity index (χ0n) is 16.0. The van der Waals surface area contributed by atoms with Crippen LogP contribution >= 0.6 is 0 Å². The summed E-state index contributed by atoms with van der Waals surface area (Å²) < 4.78 is 25.9. The third kappa shape index (κ3) is 4.13. The van der Waals surface area contributed by atoms with Crippen molar-refractivity contribution in [3.8, 4) is 5.75 Å². The molecular weight excluding hydrogens is 377 g/mol. The van der Waals surface area contributed by atoms with Crippen LogP contribution in [0.2, 0.25) is 0 Å². The predicted molar refractivity (Wildman–Crippen MR) is 106 cm³/mol. The molecule has 0 unspecified atom stereocenters. The highest BCUT2D eigenvalue weighted by molar-refractivity contribution is 6.39. The van der Waals surface area contributed by atoms with Gasteiger partial charge in [-0.15, -0.1) is 0 Å². The van der Waals surface area contributed by atoms with E-state index in [4.69, 9.17) is 4.74 Å². The Kier molecular flexibility index (Phi) is 5.97. The first-order chi connectivity index (χ1) is 14.0. The maximum atomic E-state index is 14.1. The Morgan fingerprint density at radius 3 is 2.62 bits per heavy atom. The quantitative estimate of drug-likeness (QED) is 0.283. The van der Waals surface area contributed by atoms with Crippen molar-refractivity contribution < 1.29 is 28.6 Å². The molecule has 0 amide bonds. The third-order valence-corrected chi connectivity index (χ3v) is 4.41. The van der Waals surface area contributed by atoms with Gasteiger partial charge in [-0.3, -0.25) is 4.79 Å². The highest BCUT2D eigenvalue weighted by atomic mass is 19.1. The van der Waals surface area contributed by atoms with E-state index in [0.717, 1.165) is 6.08 Å². The van der Waals surface area contributed by atoms with Crippen molar-refractivity contribution in [2.75, 3.05) is 13.7 Å². The normalized spacial score (nSPS) is 11.5. The monoisotopic (exact) mass is 397 g/mol. The van der Waals surface area contributed by atoms with Gasteiger partial charge in [-0.05, 0) is 25.1 Å². The summed E-state index contributed by atoms with van der Waals surface area (Å²) in [6.45, 7) is 1.83. The van der Waals surface area contributed by atoms with Gasteiger partial charge in [-0.25, -0.2) is 9.18 Å². The lowest BCUT2D eigenvalue weighted by atomic mass is 10.1. The van der Waals surface area contributed by atoms with Crippen molar-refractivity contribution >= 4 is 28.4 Å². The summed E-state index contributed by atoms with van der Waals surface area (Å²) in [6.07, 6.45) is 2.40. The smallest absolute Gasteiger partial charge is 0.379 e. The minimum atomic E-state index is -1.05. The Hall–Kier alpha value is -3.61. The number of aromatic nitrogens is 1. The molecule has 29 heavy (non-hydrogen) atoms. The van der Waals surface area contributed by atoms with E-state index in [2.05, 4.69) is 4.74 Å². The highest BCUT2D eigenvalue weighted by Gasteiger charge is 2.19. The molecule has 1 N–H and O–H groups in total.